The summed E-state index contributed by atoms with van der Waals surface area (Å²) in [5, 5.41) is 4.35. The van der Waals surface area contributed by atoms with Crippen LogP contribution in [0.25, 0.3) is 0 Å². The molecule has 0 aliphatic carbocycles. The normalized spacial score (nSPS) is 18.1. The van der Waals surface area contributed by atoms with E-state index in [2.05, 4.69) is 48.6 Å². The van der Waals surface area contributed by atoms with Crippen LogP contribution in [0, 0.1) is 6.92 Å². The molecule has 1 nitrogen and oxygen atoms in total. The summed E-state index contributed by atoms with van der Waals surface area (Å²) in [6.45, 7) is 3.02. The van der Waals surface area contributed by atoms with Crippen LogP contribution in [0.4, 0.5) is 0 Å². The number of nitrogens with one attached hydrogen (secondary N) is 1. The Morgan fingerprint density at radius 1 is 1.18 bits per heavy atom. The molecule has 2 aromatic rings. The maximum absolute atomic E-state index is 6.01. The van der Waals surface area contributed by atoms with Gasteiger partial charge in [0, 0.05) is 11.6 Å². The van der Waals surface area contributed by atoms with Gasteiger partial charge in [0.25, 0.3) is 0 Å². The molecule has 86 valence electrons. The molecule has 2 aromatic carbocycles. The minimum atomic E-state index is 0.308. The highest BCUT2D eigenvalue weighted by Crippen LogP contribution is 2.32. The average molecular weight is 244 g/mol. The highest BCUT2D eigenvalue weighted by atomic mass is 35.5. The molecule has 1 heterocycles. The van der Waals surface area contributed by atoms with Crippen LogP contribution in [0.1, 0.15) is 28.3 Å². The van der Waals surface area contributed by atoms with Gasteiger partial charge in [-0.1, -0.05) is 47.5 Å². The van der Waals surface area contributed by atoms with Crippen LogP contribution in [0.2, 0.25) is 5.02 Å². The molecule has 1 aliphatic rings. The molecule has 0 radical (unpaired) electrons. The smallest absolute Gasteiger partial charge is 0.0582 e. The molecular formula is C15H14ClN. The minimum absolute atomic E-state index is 0.308. The van der Waals surface area contributed by atoms with Crippen LogP contribution < -0.4 is 5.32 Å². The monoisotopic (exact) mass is 243 g/mol. The van der Waals surface area contributed by atoms with Gasteiger partial charge in [-0.05, 0) is 35.7 Å². The second-order valence-corrected chi connectivity index (χ2v) is 5.01. The molecular weight excluding hydrogens is 230 g/mol. The van der Waals surface area contributed by atoms with Crippen molar-refractivity contribution in [2.24, 2.45) is 0 Å². The molecule has 1 atom stereocenters. The van der Waals surface area contributed by atoms with E-state index < -0.39 is 0 Å². The Balaban J connectivity index is 2.04. The summed E-state index contributed by atoms with van der Waals surface area (Å²) in [5.74, 6) is 0. The van der Waals surface area contributed by atoms with Crippen molar-refractivity contribution in [1.82, 2.24) is 5.32 Å². The van der Waals surface area contributed by atoms with E-state index in [1.807, 2.05) is 6.07 Å². The van der Waals surface area contributed by atoms with Crippen LogP contribution in [-0.2, 0) is 6.54 Å². The standard InChI is InChI=1S/C15H14ClN/c1-10-3-2-4-11(7-10)15-14-6-5-13(16)8-12(14)9-17-15/h2-8,15,17H,9H2,1H3. The number of rotatable bonds is 1. The molecule has 0 saturated heterocycles. The second-order valence-electron chi connectivity index (χ2n) is 4.57. The molecule has 0 saturated carbocycles. The first-order chi connectivity index (χ1) is 8.24. The van der Waals surface area contributed by atoms with E-state index in [0.717, 1.165) is 11.6 Å². The van der Waals surface area contributed by atoms with Crippen LogP contribution in [0.3, 0.4) is 0 Å². The Morgan fingerprint density at radius 2 is 2.06 bits per heavy atom. The van der Waals surface area contributed by atoms with Gasteiger partial charge in [-0.15, -0.1) is 0 Å². The molecule has 0 fully saturated rings. The lowest BCUT2D eigenvalue weighted by Crippen LogP contribution is -2.13. The van der Waals surface area contributed by atoms with Gasteiger partial charge < -0.3 is 5.32 Å². The zero-order chi connectivity index (χ0) is 11.8. The van der Waals surface area contributed by atoms with Gasteiger partial charge in [0.15, 0.2) is 0 Å². The maximum Gasteiger partial charge on any atom is 0.0582 e. The van der Waals surface area contributed by atoms with E-state index in [0.29, 0.717) is 6.04 Å². The van der Waals surface area contributed by atoms with E-state index in [1.54, 1.807) is 0 Å². The molecule has 0 spiro atoms. The van der Waals surface area contributed by atoms with Crippen LogP contribution >= 0.6 is 11.6 Å². The van der Waals surface area contributed by atoms with Crippen molar-refractivity contribution in [3.05, 3.63) is 69.7 Å². The fraction of sp³-hybridized carbons (Fsp3) is 0.200. The number of benzene rings is 2. The number of hydrogen-bond acceptors (Lipinski definition) is 1. The lowest BCUT2D eigenvalue weighted by Gasteiger charge is -2.13. The number of aryl methyl sites for hydroxylation is 1. The summed E-state index contributed by atoms with van der Waals surface area (Å²) in [6, 6.07) is 15.1. The minimum Gasteiger partial charge on any atom is -0.302 e. The third-order valence-corrected chi connectivity index (χ3v) is 3.52. The summed E-state index contributed by atoms with van der Waals surface area (Å²) in [6.07, 6.45) is 0. The van der Waals surface area contributed by atoms with Crippen molar-refractivity contribution in [2.75, 3.05) is 0 Å². The Kier molecular flexibility index (Phi) is 2.65. The SMILES string of the molecule is Cc1cccc(C2NCc3cc(Cl)ccc32)c1. The second kappa shape index (κ2) is 4.17. The third kappa shape index (κ3) is 1.97. The molecule has 17 heavy (non-hydrogen) atoms. The first-order valence-corrected chi connectivity index (χ1v) is 6.20. The van der Waals surface area contributed by atoms with E-state index >= 15 is 0 Å². The van der Waals surface area contributed by atoms with Crippen molar-refractivity contribution < 1.29 is 0 Å². The Hall–Kier alpha value is -1.31. The Bertz CT molecular complexity index is 563. The average Bonchev–Trinajstić information content (AvgIpc) is 2.71. The highest BCUT2D eigenvalue weighted by Gasteiger charge is 2.23. The van der Waals surface area contributed by atoms with E-state index in [4.69, 9.17) is 11.6 Å². The van der Waals surface area contributed by atoms with Crippen molar-refractivity contribution in [1.29, 1.82) is 0 Å². The maximum atomic E-state index is 6.01. The highest BCUT2D eigenvalue weighted by molar-refractivity contribution is 6.30. The molecule has 0 amide bonds. The zero-order valence-electron chi connectivity index (χ0n) is 9.70. The summed E-state index contributed by atoms with van der Waals surface area (Å²) >= 11 is 6.01. The van der Waals surface area contributed by atoms with Gasteiger partial charge in [-0.3, -0.25) is 0 Å². The predicted molar refractivity (Wildman–Crippen MR) is 71.3 cm³/mol. The van der Waals surface area contributed by atoms with Crippen LogP contribution in [-0.4, -0.2) is 0 Å². The number of halogens is 1. The summed E-state index contributed by atoms with van der Waals surface area (Å²) in [4.78, 5) is 0. The third-order valence-electron chi connectivity index (χ3n) is 3.29. The number of hydrogen-bond donors (Lipinski definition) is 1. The van der Waals surface area contributed by atoms with Crippen LogP contribution in [0.15, 0.2) is 42.5 Å². The first kappa shape index (κ1) is 10.8. The quantitative estimate of drug-likeness (QED) is 0.803. The number of fused-ring (bicyclic) bond motifs is 1. The lowest BCUT2D eigenvalue weighted by molar-refractivity contribution is 0.667. The van der Waals surface area contributed by atoms with Gasteiger partial charge in [0.05, 0.1) is 6.04 Å². The molecule has 1 unspecified atom stereocenters. The molecule has 0 aromatic heterocycles. The Morgan fingerprint density at radius 3 is 2.88 bits per heavy atom. The fourth-order valence-electron chi connectivity index (χ4n) is 2.48. The predicted octanol–water partition coefficient (Wildman–Crippen LogP) is 3.84. The van der Waals surface area contributed by atoms with Gasteiger partial charge in [0.1, 0.15) is 0 Å². The molecule has 3 rings (SSSR count). The summed E-state index contributed by atoms with van der Waals surface area (Å²) in [7, 11) is 0. The largest absolute Gasteiger partial charge is 0.302 e. The zero-order valence-corrected chi connectivity index (χ0v) is 10.5. The van der Waals surface area contributed by atoms with E-state index in [9.17, 15) is 0 Å². The fourth-order valence-corrected chi connectivity index (χ4v) is 2.67. The topological polar surface area (TPSA) is 12.0 Å². The molecule has 0 bridgehead atoms. The van der Waals surface area contributed by atoms with E-state index in [-0.39, 0.29) is 0 Å². The van der Waals surface area contributed by atoms with Gasteiger partial charge in [0.2, 0.25) is 0 Å². The summed E-state index contributed by atoms with van der Waals surface area (Å²) in [5.41, 5.74) is 5.28. The summed E-state index contributed by atoms with van der Waals surface area (Å²) < 4.78 is 0. The first-order valence-electron chi connectivity index (χ1n) is 5.82. The molecule has 2 heteroatoms. The van der Waals surface area contributed by atoms with Crippen molar-refractivity contribution >= 4 is 11.6 Å². The molecule has 1 aliphatic heterocycles. The van der Waals surface area contributed by atoms with E-state index in [1.165, 1.54) is 22.3 Å². The van der Waals surface area contributed by atoms with Crippen molar-refractivity contribution in [3.63, 3.8) is 0 Å². The van der Waals surface area contributed by atoms with Crippen molar-refractivity contribution in [2.45, 2.75) is 19.5 Å². The van der Waals surface area contributed by atoms with Crippen LogP contribution in [0.5, 0.6) is 0 Å². The van der Waals surface area contributed by atoms with Gasteiger partial charge >= 0.3 is 0 Å². The Labute approximate surface area is 106 Å². The van der Waals surface area contributed by atoms with Gasteiger partial charge in [-0.25, -0.2) is 0 Å². The molecule has 1 N–H and O–H groups in total. The van der Waals surface area contributed by atoms with Gasteiger partial charge in [-0.2, -0.15) is 0 Å². The van der Waals surface area contributed by atoms with Crippen molar-refractivity contribution in [3.8, 4) is 0 Å². The lowest BCUT2D eigenvalue weighted by atomic mass is 9.97.